The van der Waals surface area contributed by atoms with Crippen LogP contribution in [-0.2, 0) is 6.18 Å². The molecule has 1 fully saturated rings. The van der Waals surface area contributed by atoms with Crippen molar-refractivity contribution in [1.82, 2.24) is 17.6 Å². The van der Waals surface area contributed by atoms with Gasteiger partial charge in [-0.15, -0.1) is 6.42 Å². The van der Waals surface area contributed by atoms with E-state index in [0.717, 1.165) is 54.4 Å². The van der Waals surface area contributed by atoms with E-state index in [0.29, 0.717) is 16.7 Å². The molecule has 1 aliphatic carbocycles. The van der Waals surface area contributed by atoms with E-state index in [1.807, 2.05) is 60.7 Å². The van der Waals surface area contributed by atoms with Gasteiger partial charge >= 0.3 is 6.18 Å². The molecule has 8 heterocycles. The van der Waals surface area contributed by atoms with Crippen molar-refractivity contribution in [2.24, 2.45) is 0 Å². The molecule has 0 aliphatic heterocycles. The highest BCUT2D eigenvalue weighted by molar-refractivity contribution is 6.31. The summed E-state index contributed by atoms with van der Waals surface area (Å²) in [6.45, 7) is 0. The molecule has 31 rings (SSSR count). The van der Waals surface area contributed by atoms with Crippen molar-refractivity contribution in [3.05, 3.63) is 434 Å². The van der Waals surface area contributed by atoms with E-state index in [1.165, 1.54) is 245 Å². The molecule has 22 aromatic carbocycles. The van der Waals surface area contributed by atoms with Crippen molar-refractivity contribution in [3.63, 3.8) is 0 Å². The second-order valence-electron chi connectivity index (χ2n) is 37.1. The lowest BCUT2D eigenvalue weighted by Crippen LogP contribution is -2.04. The Hall–Kier alpha value is -16.8. The molecule has 134 heavy (non-hydrogen) atoms. The third-order valence-corrected chi connectivity index (χ3v) is 29.6. The summed E-state index contributed by atoms with van der Waals surface area (Å²) in [6.07, 6.45) is 10.6. The first-order valence-electron chi connectivity index (χ1n) is 46.5. The van der Waals surface area contributed by atoms with Crippen molar-refractivity contribution in [2.75, 3.05) is 0 Å². The lowest BCUT2D eigenvalue weighted by Gasteiger charge is -2.22. The summed E-state index contributed by atoms with van der Waals surface area (Å²) in [6, 6.07) is 143. The minimum Gasteiger partial charge on any atom is -0.308 e. The highest BCUT2D eigenvalue weighted by Gasteiger charge is 2.34. The quantitative estimate of drug-likeness (QED) is 0.123. The lowest BCUT2D eigenvalue weighted by atomic mass is 9.83. The summed E-state index contributed by atoms with van der Waals surface area (Å²) < 4.78 is 51.1. The number of hydrogen-bond acceptors (Lipinski definition) is 0. The first kappa shape index (κ1) is 76.1. The van der Waals surface area contributed by atoms with E-state index in [-0.39, 0.29) is 0 Å². The molecule has 0 atom stereocenters. The standard InChI is InChI=1S/C40H25N.C32H25N.C28H15N.C27H14F3N/c1-3-11-27(12-4-1)33(28-13-5-2-6-14-28)19-26-20-36-34-22-29-15-7-9-17-31(29)24-38(34)41-39-25-32-18-10-8-16-30(32)23-35(39)37(21-26)40(36)41;1-2-8-20(9-3-1)25-16-28-26-14-21-10-4-6-12-23(21)18-30(26)33-31-19-24-13-7-5-11-22(24)15-27(31)29(17-25)32(28)33;1-2-17-11-24-22-13-18-7-3-5-9-20(18)15-26(22)29-27-16-21-10-6-4-8-19(21)14-23(27)25(12-17)28(24)29;28-27(29,30)19-13-22-20-9-15-5-1-3-7-17(15)11-24(20)31-25-12-18-8-4-2-6-16(18)10-21(25)23(14-19)26(22)31/h1-25H;4-7,10-20H,1-3,8-9H2;1,3-16H;1-14H. The third kappa shape index (κ3) is 11.6. The molecule has 8 aromatic heterocycles. The van der Waals surface area contributed by atoms with Gasteiger partial charge in [0, 0.05) is 91.7 Å². The van der Waals surface area contributed by atoms with Crippen molar-refractivity contribution in [2.45, 2.75) is 44.2 Å². The van der Waals surface area contributed by atoms with Gasteiger partial charge in [-0.1, -0.05) is 280 Å². The normalized spacial score (nSPS) is 13.1. The molecule has 7 heteroatoms. The Balaban J connectivity index is 0.0000000897. The van der Waals surface area contributed by atoms with Crippen LogP contribution < -0.4 is 0 Å². The minimum absolute atomic E-state index is 0.608. The molecule has 0 unspecified atom stereocenters. The van der Waals surface area contributed by atoms with Gasteiger partial charge in [-0.05, 0) is 284 Å². The van der Waals surface area contributed by atoms with Crippen LogP contribution in [0, 0.1) is 12.3 Å². The van der Waals surface area contributed by atoms with Crippen LogP contribution >= 0.6 is 0 Å². The first-order valence-corrected chi connectivity index (χ1v) is 46.5. The van der Waals surface area contributed by atoms with E-state index in [2.05, 4.69) is 357 Å². The summed E-state index contributed by atoms with van der Waals surface area (Å²) in [4.78, 5) is 0. The predicted octanol–water partition coefficient (Wildman–Crippen LogP) is 35.2. The second-order valence-corrected chi connectivity index (χ2v) is 37.1. The molecule has 0 saturated heterocycles. The molecule has 628 valence electrons. The highest BCUT2D eigenvalue weighted by atomic mass is 19.4. The topological polar surface area (TPSA) is 17.6 Å². The summed E-state index contributed by atoms with van der Waals surface area (Å²) >= 11 is 0. The molecule has 0 bridgehead atoms. The molecule has 0 radical (unpaired) electrons. The summed E-state index contributed by atoms with van der Waals surface area (Å²) in [7, 11) is 0. The number of halogens is 3. The van der Waals surface area contributed by atoms with Crippen LogP contribution in [-0.4, -0.2) is 17.6 Å². The highest BCUT2D eigenvalue weighted by Crippen LogP contribution is 2.51. The maximum atomic E-state index is 13.8. The van der Waals surface area contributed by atoms with E-state index >= 15 is 0 Å². The number of terminal acetylenes is 1. The molecular weight excluding hydrogens is 1640 g/mol. The summed E-state index contributed by atoms with van der Waals surface area (Å²) in [5.74, 6) is 3.56. The lowest BCUT2D eigenvalue weighted by molar-refractivity contribution is -0.137. The van der Waals surface area contributed by atoms with Gasteiger partial charge in [0.25, 0.3) is 0 Å². The smallest absolute Gasteiger partial charge is 0.308 e. The second kappa shape index (κ2) is 29.1. The van der Waals surface area contributed by atoms with Crippen LogP contribution in [0.15, 0.2) is 400 Å². The Morgan fingerprint density at radius 3 is 0.701 bits per heavy atom. The van der Waals surface area contributed by atoms with Gasteiger partial charge in [-0.25, -0.2) is 0 Å². The average Bonchev–Trinajstić information content (AvgIpc) is 1.53. The van der Waals surface area contributed by atoms with Crippen molar-refractivity contribution in [1.29, 1.82) is 0 Å². The van der Waals surface area contributed by atoms with E-state index < -0.39 is 11.7 Å². The Morgan fingerprint density at radius 2 is 0.463 bits per heavy atom. The molecule has 0 N–H and O–H groups in total. The van der Waals surface area contributed by atoms with Gasteiger partial charge in [-0.2, -0.15) is 13.2 Å². The fourth-order valence-electron chi connectivity index (χ4n) is 23.4. The minimum atomic E-state index is -4.41. The van der Waals surface area contributed by atoms with Crippen LogP contribution in [0.25, 0.3) is 250 Å². The Morgan fingerprint density at radius 1 is 0.246 bits per heavy atom. The molecule has 4 nitrogen and oxygen atoms in total. The zero-order valence-electron chi connectivity index (χ0n) is 72.8. The summed E-state index contributed by atoms with van der Waals surface area (Å²) in [5.41, 5.74) is 21.1. The van der Waals surface area contributed by atoms with Gasteiger partial charge in [-0.3, -0.25) is 0 Å². The van der Waals surface area contributed by atoms with E-state index in [1.54, 1.807) is 5.56 Å². The molecule has 1 saturated carbocycles. The monoisotopic (exact) mass is 1720 g/mol. The zero-order chi connectivity index (χ0) is 88.5. The molecule has 0 spiro atoms. The SMILES string of the molecule is C#Cc1cc2c3cc4ccccc4cc3n3c4cc5ccccc5cc4c(c1)c23.C(=C(c1ccccc1)c1ccccc1)c1cc2c3cc4ccccc4cc3n3c4cc5ccccc5cc4c(c1)c23.FC(F)(F)c1cc2c3cc4ccccc4cc3n3c4cc5ccccc5cc4c(c1)c23.c1ccc2cc3c(cc2c1)c1cc(C2CCCCC2)cc2c4cc5ccccc5cc4n3c12. The zero-order valence-corrected chi connectivity index (χ0v) is 72.8. The van der Waals surface area contributed by atoms with Gasteiger partial charge < -0.3 is 17.6 Å². The predicted molar refractivity (Wildman–Crippen MR) is 563 cm³/mol. The fraction of sp³-hybridized carbons (Fsp3) is 0.0551. The number of alkyl halides is 3. The number of rotatable bonds is 4. The van der Waals surface area contributed by atoms with Crippen LogP contribution in [0.4, 0.5) is 13.2 Å². The molecular formula is C127H79F3N4. The van der Waals surface area contributed by atoms with Gasteiger partial charge in [0.15, 0.2) is 0 Å². The van der Waals surface area contributed by atoms with Gasteiger partial charge in [0.05, 0.1) is 71.8 Å². The maximum Gasteiger partial charge on any atom is 0.416 e. The molecule has 0 amide bonds. The van der Waals surface area contributed by atoms with Gasteiger partial charge in [0.1, 0.15) is 0 Å². The molecule has 1 aliphatic rings. The largest absolute Gasteiger partial charge is 0.416 e. The van der Waals surface area contributed by atoms with E-state index in [4.69, 9.17) is 6.42 Å². The number of benzene rings is 22. The van der Waals surface area contributed by atoms with Gasteiger partial charge in [0.2, 0.25) is 0 Å². The molecule has 30 aromatic rings. The van der Waals surface area contributed by atoms with E-state index in [9.17, 15) is 13.2 Å². The number of fused-ring (bicyclic) bond motifs is 32. The van der Waals surface area contributed by atoms with Crippen molar-refractivity contribution >= 4 is 250 Å². The Bertz CT molecular complexity index is 9730. The van der Waals surface area contributed by atoms with Crippen molar-refractivity contribution < 1.29 is 13.2 Å². The summed E-state index contributed by atoms with van der Waals surface area (Å²) in [5, 5.41) is 38.4. The van der Waals surface area contributed by atoms with Crippen LogP contribution in [0.3, 0.4) is 0 Å². The number of hydrogen-bond donors (Lipinski definition) is 0. The number of aromatic nitrogens is 4. The number of nitrogens with zero attached hydrogens (tertiary/aromatic N) is 4. The average molecular weight is 1720 g/mol. The Kier molecular flexibility index (Phi) is 16.5. The van der Waals surface area contributed by atoms with Crippen LogP contribution in [0.1, 0.15) is 71.4 Å². The maximum absolute atomic E-state index is 13.8. The third-order valence-electron chi connectivity index (χ3n) is 29.6. The first-order chi connectivity index (χ1) is 66.0. The van der Waals surface area contributed by atoms with Crippen molar-refractivity contribution in [3.8, 4) is 12.3 Å². The van der Waals surface area contributed by atoms with Crippen LogP contribution in [0.2, 0.25) is 0 Å². The van der Waals surface area contributed by atoms with Crippen LogP contribution in [0.5, 0.6) is 0 Å². The Labute approximate surface area is 766 Å². The fourth-order valence-corrected chi connectivity index (χ4v) is 23.4.